The van der Waals surface area contributed by atoms with Crippen molar-refractivity contribution in [3.63, 3.8) is 0 Å². The fraction of sp³-hybridized carbons (Fsp3) is 0.300. The molecular weight excluding hydrogens is 229 g/mol. The highest BCUT2D eigenvalue weighted by Gasteiger charge is 2.15. The van der Waals surface area contributed by atoms with Crippen LogP contribution in [0.4, 0.5) is 15.8 Å². The minimum atomic E-state index is -0.935. The van der Waals surface area contributed by atoms with E-state index in [0.717, 1.165) is 12.1 Å². The summed E-state index contributed by atoms with van der Waals surface area (Å²) in [6, 6.07) is 3.19. The highest BCUT2D eigenvalue weighted by atomic mass is 19.1. The molecule has 1 amide bonds. The first kappa shape index (κ1) is 13.0. The summed E-state index contributed by atoms with van der Waals surface area (Å²) < 4.78 is 13.0. The molecular formula is C10H12FN3O3. The lowest BCUT2D eigenvalue weighted by atomic mass is 10.2. The lowest BCUT2D eigenvalue weighted by molar-refractivity contribution is -0.387. The predicted octanol–water partition coefficient (Wildman–Crippen LogP) is 1.41. The number of hydrogen-bond donors (Lipinski definition) is 2. The number of rotatable bonds is 5. The Morgan fingerprint density at radius 3 is 2.82 bits per heavy atom. The molecule has 1 aromatic carbocycles. The SMILES string of the molecule is NCCCC(=O)Nc1ccc(F)c([N+](=O)[O-])c1. The smallest absolute Gasteiger partial charge is 0.306 e. The second-order valence-electron chi connectivity index (χ2n) is 3.36. The number of nitro groups is 1. The standard InChI is InChI=1S/C10H12FN3O3/c11-8-4-3-7(6-9(8)14(16)17)13-10(15)2-1-5-12/h3-4,6H,1-2,5,12H2,(H,13,15). The molecule has 0 unspecified atom stereocenters. The molecule has 0 radical (unpaired) electrons. The Balaban J connectivity index is 2.75. The Morgan fingerprint density at radius 1 is 1.53 bits per heavy atom. The van der Waals surface area contributed by atoms with Crippen LogP contribution in [0.5, 0.6) is 0 Å². The molecule has 0 aliphatic rings. The number of benzene rings is 1. The third-order valence-electron chi connectivity index (χ3n) is 2.03. The Kier molecular flexibility index (Phi) is 4.53. The van der Waals surface area contributed by atoms with Gasteiger partial charge in [0, 0.05) is 18.2 Å². The van der Waals surface area contributed by atoms with E-state index < -0.39 is 16.4 Å². The van der Waals surface area contributed by atoms with Crippen LogP contribution in [-0.4, -0.2) is 17.4 Å². The molecule has 0 aliphatic carbocycles. The number of amides is 1. The molecule has 0 spiro atoms. The second-order valence-corrected chi connectivity index (χ2v) is 3.36. The number of nitrogens with zero attached hydrogens (tertiary/aromatic N) is 1. The molecule has 6 nitrogen and oxygen atoms in total. The van der Waals surface area contributed by atoms with Gasteiger partial charge >= 0.3 is 5.69 Å². The van der Waals surface area contributed by atoms with Crippen LogP contribution in [0.25, 0.3) is 0 Å². The normalized spacial score (nSPS) is 10.0. The van der Waals surface area contributed by atoms with E-state index in [1.165, 1.54) is 6.07 Å². The third-order valence-corrected chi connectivity index (χ3v) is 2.03. The first-order valence-corrected chi connectivity index (χ1v) is 4.98. The van der Waals surface area contributed by atoms with Crippen molar-refractivity contribution in [2.75, 3.05) is 11.9 Å². The summed E-state index contributed by atoms with van der Waals surface area (Å²) in [5.74, 6) is -1.24. The molecule has 1 aromatic rings. The highest BCUT2D eigenvalue weighted by Crippen LogP contribution is 2.21. The van der Waals surface area contributed by atoms with Gasteiger partial charge in [-0.05, 0) is 25.1 Å². The summed E-state index contributed by atoms with van der Waals surface area (Å²) in [6.45, 7) is 0.386. The van der Waals surface area contributed by atoms with Gasteiger partial charge in [-0.25, -0.2) is 0 Å². The van der Waals surface area contributed by atoms with Crippen LogP contribution in [0.1, 0.15) is 12.8 Å². The van der Waals surface area contributed by atoms with Crippen molar-refractivity contribution in [2.45, 2.75) is 12.8 Å². The second kappa shape index (κ2) is 5.90. The zero-order valence-electron chi connectivity index (χ0n) is 8.98. The first-order chi connectivity index (χ1) is 8.04. The zero-order valence-corrected chi connectivity index (χ0v) is 8.98. The summed E-state index contributed by atoms with van der Waals surface area (Å²) in [7, 11) is 0. The lowest BCUT2D eigenvalue weighted by Gasteiger charge is -2.04. The van der Waals surface area contributed by atoms with E-state index >= 15 is 0 Å². The number of hydrogen-bond acceptors (Lipinski definition) is 4. The van der Waals surface area contributed by atoms with Gasteiger partial charge < -0.3 is 11.1 Å². The minimum absolute atomic E-state index is 0.195. The van der Waals surface area contributed by atoms with Gasteiger partial charge in [0.15, 0.2) is 0 Å². The van der Waals surface area contributed by atoms with Gasteiger partial charge in [0.1, 0.15) is 0 Å². The van der Waals surface area contributed by atoms with Crippen LogP contribution in [0.3, 0.4) is 0 Å². The van der Waals surface area contributed by atoms with E-state index in [9.17, 15) is 19.3 Å². The molecule has 0 aromatic heterocycles. The quantitative estimate of drug-likeness (QED) is 0.601. The van der Waals surface area contributed by atoms with E-state index in [2.05, 4.69) is 5.32 Å². The number of anilines is 1. The van der Waals surface area contributed by atoms with Crippen molar-refractivity contribution in [3.8, 4) is 0 Å². The van der Waals surface area contributed by atoms with E-state index in [0.29, 0.717) is 13.0 Å². The fourth-order valence-corrected chi connectivity index (χ4v) is 1.22. The van der Waals surface area contributed by atoms with E-state index in [1.807, 2.05) is 0 Å². The number of carbonyl (C=O) groups is 1. The Labute approximate surface area is 96.8 Å². The molecule has 92 valence electrons. The number of carbonyl (C=O) groups excluding carboxylic acids is 1. The van der Waals surface area contributed by atoms with E-state index in [-0.39, 0.29) is 18.0 Å². The van der Waals surface area contributed by atoms with Gasteiger partial charge in [0.2, 0.25) is 11.7 Å². The molecule has 7 heteroatoms. The molecule has 0 fully saturated rings. The maximum Gasteiger partial charge on any atom is 0.306 e. The average molecular weight is 241 g/mol. The number of nitro benzene ring substituents is 1. The summed E-state index contributed by atoms with van der Waals surface area (Å²) in [6.07, 6.45) is 0.747. The van der Waals surface area contributed by atoms with Gasteiger partial charge in [-0.15, -0.1) is 0 Å². The number of halogens is 1. The van der Waals surface area contributed by atoms with Crippen LogP contribution >= 0.6 is 0 Å². The maximum atomic E-state index is 13.0. The van der Waals surface area contributed by atoms with Crippen molar-refractivity contribution >= 4 is 17.3 Å². The van der Waals surface area contributed by atoms with Gasteiger partial charge in [-0.2, -0.15) is 4.39 Å². The molecule has 1 rings (SSSR count). The van der Waals surface area contributed by atoms with Gasteiger partial charge in [0.25, 0.3) is 0 Å². The topological polar surface area (TPSA) is 98.3 Å². The molecule has 0 atom stereocenters. The van der Waals surface area contributed by atoms with Crippen molar-refractivity contribution in [3.05, 3.63) is 34.1 Å². The Bertz CT molecular complexity index is 437. The fourth-order valence-electron chi connectivity index (χ4n) is 1.22. The first-order valence-electron chi connectivity index (χ1n) is 4.98. The molecule has 0 heterocycles. The maximum absolute atomic E-state index is 13.0. The van der Waals surface area contributed by atoms with Crippen LogP contribution in [0.15, 0.2) is 18.2 Å². The van der Waals surface area contributed by atoms with E-state index in [4.69, 9.17) is 5.73 Å². The Hall–Kier alpha value is -2.02. The van der Waals surface area contributed by atoms with Crippen molar-refractivity contribution in [2.24, 2.45) is 5.73 Å². The molecule has 0 saturated carbocycles. The summed E-state index contributed by atoms with van der Waals surface area (Å²) in [5.41, 5.74) is 4.76. The van der Waals surface area contributed by atoms with Crippen molar-refractivity contribution in [1.29, 1.82) is 0 Å². The van der Waals surface area contributed by atoms with Crippen molar-refractivity contribution in [1.82, 2.24) is 0 Å². The van der Waals surface area contributed by atoms with E-state index in [1.54, 1.807) is 0 Å². The minimum Gasteiger partial charge on any atom is -0.330 e. The molecule has 0 aliphatic heterocycles. The average Bonchev–Trinajstić information content (AvgIpc) is 2.28. The largest absolute Gasteiger partial charge is 0.330 e. The zero-order chi connectivity index (χ0) is 12.8. The van der Waals surface area contributed by atoms with Crippen molar-refractivity contribution < 1.29 is 14.1 Å². The van der Waals surface area contributed by atoms with Gasteiger partial charge in [-0.3, -0.25) is 14.9 Å². The number of nitrogens with one attached hydrogen (secondary N) is 1. The monoisotopic (exact) mass is 241 g/mol. The molecule has 0 bridgehead atoms. The van der Waals surface area contributed by atoms with Crippen LogP contribution in [0, 0.1) is 15.9 Å². The summed E-state index contributed by atoms with van der Waals surface area (Å²) >= 11 is 0. The molecule has 0 saturated heterocycles. The third kappa shape index (κ3) is 3.80. The lowest BCUT2D eigenvalue weighted by Crippen LogP contribution is -2.13. The predicted molar refractivity (Wildman–Crippen MR) is 60.0 cm³/mol. The highest BCUT2D eigenvalue weighted by molar-refractivity contribution is 5.90. The van der Waals surface area contributed by atoms with Crippen LogP contribution < -0.4 is 11.1 Å². The van der Waals surface area contributed by atoms with Gasteiger partial charge in [0.05, 0.1) is 4.92 Å². The van der Waals surface area contributed by atoms with Gasteiger partial charge in [-0.1, -0.05) is 0 Å². The Morgan fingerprint density at radius 2 is 2.24 bits per heavy atom. The summed E-state index contributed by atoms with van der Waals surface area (Å²) in [4.78, 5) is 20.9. The molecule has 3 N–H and O–H groups in total. The molecule has 17 heavy (non-hydrogen) atoms. The number of nitrogens with two attached hydrogens (primary N) is 1. The summed E-state index contributed by atoms with van der Waals surface area (Å²) in [5, 5.41) is 12.9. The van der Waals surface area contributed by atoms with Crippen LogP contribution in [0.2, 0.25) is 0 Å². The van der Waals surface area contributed by atoms with Crippen LogP contribution in [-0.2, 0) is 4.79 Å².